The number of carbonyl (C=O) groups excluding carboxylic acids is 1. The van der Waals surface area contributed by atoms with Gasteiger partial charge in [0.1, 0.15) is 17.9 Å². The molecule has 1 amide bonds. The number of ether oxygens (including phenoxy) is 3. The summed E-state index contributed by atoms with van der Waals surface area (Å²) >= 11 is 6.08. The van der Waals surface area contributed by atoms with Crippen LogP contribution in [0.5, 0.6) is 5.75 Å². The molecule has 0 N–H and O–H groups in total. The number of rotatable bonds is 7. The Kier molecular flexibility index (Phi) is 6.69. The molecule has 2 fully saturated rings. The molecule has 0 spiro atoms. The zero-order valence-electron chi connectivity index (χ0n) is 19.0. The van der Waals surface area contributed by atoms with Crippen molar-refractivity contribution in [1.82, 2.24) is 15.0 Å². The second-order valence-corrected chi connectivity index (χ2v) is 9.12. The first kappa shape index (κ1) is 22.7. The van der Waals surface area contributed by atoms with E-state index < -0.39 is 12.2 Å². The predicted molar refractivity (Wildman–Crippen MR) is 127 cm³/mol. The number of benzene rings is 2. The van der Waals surface area contributed by atoms with Crippen LogP contribution in [0.4, 0.5) is 10.5 Å². The molecule has 2 aliphatic heterocycles. The lowest BCUT2D eigenvalue weighted by Gasteiger charge is -2.25. The third-order valence-electron chi connectivity index (χ3n) is 6.40. The van der Waals surface area contributed by atoms with Crippen molar-refractivity contribution in [3.05, 3.63) is 71.0 Å². The minimum Gasteiger partial charge on any atom is -0.497 e. The van der Waals surface area contributed by atoms with Crippen LogP contribution in [0.2, 0.25) is 5.02 Å². The fraction of sp³-hybridized carbons (Fsp3) is 0.400. The average Bonchev–Trinajstić information content (AvgIpc) is 3.43. The molecule has 34 heavy (non-hydrogen) atoms. The Morgan fingerprint density at radius 2 is 1.94 bits per heavy atom. The van der Waals surface area contributed by atoms with Gasteiger partial charge < -0.3 is 14.2 Å². The van der Waals surface area contributed by atoms with Crippen molar-refractivity contribution in [2.45, 2.75) is 38.0 Å². The third-order valence-corrected chi connectivity index (χ3v) is 6.65. The zero-order chi connectivity index (χ0) is 23.5. The fourth-order valence-corrected chi connectivity index (χ4v) is 4.79. The zero-order valence-corrected chi connectivity index (χ0v) is 19.7. The van der Waals surface area contributed by atoms with Crippen molar-refractivity contribution >= 4 is 23.4 Å². The van der Waals surface area contributed by atoms with Gasteiger partial charge in [-0.05, 0) is 60.7 Å². The molecule has 2 aliphatic rings. The van der Waals surface area contributed by atoms with Crippen LogP contribution < -0.4 is 9.64 Å². The molecule has 0 aliphatic carbocycles. The van der Waals surface area contributed by atoms with Crippen molar-refractivity contribution in [3.63, 3.8) is 0 Å². The van der Waals surface area contributed by atoms with Gasteiger partial charge in [0.2, 0.25) is 0 Å². The van der Waals surface area contributed by atoms with Crippen LogP contribution in [0.25, 0.3) is 0 Å². The van der Waals surface area contributed by atoms with E-state index in [0.717, 1.165) is 43.9 Å². The van der Waals surface area contributed by atoms with Crippen molar-refractivity contribution in [1.29, 1.82) is 0 Å². The monoisotopic (exact) mass is 482 g/mol. The van der Waals surface area contributed by atoms with E-state index in [0.29, 0.717) is 28.8 Å². The lowest BCUT2D eigenvalue weighted by Crippen LogP contribution is -2.30. The molecule has 9 heteroatoms. The number of amides is 1. The van der Waals surface area contributed by atoms with Crippen LogP contribution in [0, 0.1) is 5.92 Å². The Morgan fingerprint density at radius 1 is 1.15 bits per heavy atom. The van der Waals surface area contributed by atoms with Gasteiger partial charge in [-0.2, -0.15) is 0 Å². The second-order valence-electron chi connectivity index (χ2n) is 8.68. The van der Waals surface area contributed by atoms with Gasteiger partial charge in [0, 0.05) is 43.1 Å². The van der Waals surface area contributed by atoms with E-state index in [1.54, 1.807) is 24.1 Å². The first-order chi connectivity index (χ1) is 16.6. The maximum Gasteiger partial charge on any atom is 0.415 e. The quantitative estimate of drug-likeness (QED) is 0.486. The smallest absolute Gasteiger partial charge is 0.415 e. The summed E-state index contributed by atoms with van der Waals surface area (Å²) in [5.41, 5.74) is 2.42. The van der Waals surface area contributed by atoms with Gasteiger partial charge in [-0.25, -0.2) is 4.79 Å². The number of hydrogen-bond acceptors (Lipinski definition) is 6. The van der Waals surface area contributed by atoms with Gasteiger partial charge in [0.25, 0.3) is 0 Å². The predicted octanol–water partition coefficient (Wildman–Crippen LogP) is 4.68. The summed E-state index contributed by atoms with van der Waals surface area (Å²) in [4.78, 5) is 14.7. The molecule has 178 valence electrons. The summed E-state index contributed by atoms with van der Waals surface area (Å²) in [6.07, 6.45) is 3.62. The number of halogens is 1. The van der Waals surface area contributed by atoms with Crippen LogP contribution in [-0.2, 0) is 22.4 Å². The SMILES string of the molecule is COc1cccc([C@H]2[C@H](Cc3cn(CC4CCOCC4)nn3)OC(=O)N2c2ccc(Cl)cc2)c1. The molecule has 0 unspecified atom stereocenters. The highest BCUT2D eigenvalue weighted by atomic mass is 35.5. The molecule has 8 nitrogen and oxygen atoms in total. The fourth-order valence-electron chi connectivity index (χ4n) is 4.66. The van der Waals surface area contributed by atoms with Crippen LogP contribution in [0.3, 0.4) is 0 Å². The van der Waals surface area contributed by atoms with E-state index in [4.69, 9.17) is 25.8 Å². The van der Waals surface area contributed by atoms with Crippen molar-refractivity contribution in [3.8, 4) is 5.75 Å². The Morgan fingerprint density at radius 3 is 2.71 bits per heavy atom. The Hall–Kier alpha value is -3.10. The lowest BCUT2D eigenvalue weighted by atomic mass is 9.97. The highest BCUT2D eigenvalue weighted by Crippen LogP contribution is 2.39. The Labute approximate surface area is 203 Å². The normalized spacial score (nSPS) is 21.0. The summed E-state index contributed by atoms with van der Waals surface area (Å²) < 4.78 is 18.7. The van der Waals surface area contributed by atoms with Gasteiger partial charge in [0.15, 0.2) is 0 Å². The van der Waals surface area contributed by atoms with Crippen LogP contribution in [0.15, 0.2) is 54.7 Å². The number of carbonyl (C=O) groups is 1. The van der Waals surface area contributed by atoms with Crippen molar-refractivity contribution in [2.24, 2.45) is 5.92 Å². The topological polar surface area (TPSA) is 78.7 Å². The molecule has 2 aromatic carbocycles. The molecule has 0 radical (unpaired) electrons. The highest BCUT2D eigenvalue weighted by Gasteiger charge is 2.44. The maximum atomic E-state index is 13.1. The van der Waals surface area contributed by atoms with Crippen LogP contribution in [0.1, 0.15) is 30.1 Å². The number of cyclic esters (lactones) is 1. The van der Waals surface area contributed by atoms with E-state index in [2.05, 4.69) is 10.3 Å². The molecule has 0 saturated carbocycles. The van der Waals surface area contributed by atoms with Crippen LogP contribution in [-0.4, -0.2) is 47.5 Å². The Balaban J connectivity index is 1.41. The second kappa shape index (κ2) is 10.0. The summed E-state index contributed by atoms with van der Waals surface area (Å²) in [5, 5.41) is 9.30. The van der Waals surface area contributed by atoms with Crippen molar-refractivity contribution in [2.75, 3.05) is 25.2 Å². The average molecular weight is 483 g/mol. The third kappa shape index (κ3) is 4.88. The van der Waals surface area contributed by atoms with Gasteiger partial charge in [0.05, 0.1) is 12.8 Å². The molecule has 3 heterocycles. The number of nitrogens with zero attached hydrogens (tertiary/aromatic N) is 4. The molecular weight excluding hydrogens is 456 g/mol. The largest absolute Gasteiger partial charge is 0.497 e. The van der Waals surface area contributed by atoms with Gasteiger partial charge in [-0.3, -0.25) is 9.58 Å². The van der Waals surface area contributed by atoms with E-state index in [-0.39, 0.29) is 6.04 Å². The molecule has 0 bridgehead atoms. The number of hydrogen-bond donors (Lipinski definition) is 0. The van der Waals surface area contributed by atoms with Gasteiger partial charge in [-0.15, -0.1) is 5.10 Å². The van der Waals surface area contributed by atoms with E-state index in [1.165, 1.54) is 0 Å². The summed E-state index contributed by atoms with van der Waals surface area (Å²) in [6, 6.07) is 14.5. The van der Waals surface area contributed by atoms with Crippen molar-refractivity contribution < 1.29 is 19.0 Å². The lowest BCUT2D eigenvalue weighted by molar-refractivity contribution is 0.0600. The van der Waals surface area contributed by atoms with Gasteiger partial charge in [-0.1, -0.05) is 28.9 Å². The maximum absolute atomic E-state index is 13.1. The molecular formula is C25H27ClN4O4. The van der Waals surface area contributed by atoms with E-state index in [1.807, 2.05) is 47.3 Å². The molecule has 3 aromatic rings. The highest BCUT2D eigenvalue weighted by molar-refractivity contribution is 6.30. The minimum atomic E-state index is -0.441. The standard InChI is InChI=1S/C25H27ClN4O4/c1-32-22-4-2-3-18(13-22)24-23(34-25(31)30(24)21-7-5-19(26)6-8-21)14-20-16-29(28-27-20)15-17-9-11-33-12-10-17/h2-8,13,16-17,23-24H,9-12,14-15H2,1H3/t23-,24-/m0/s1. The molecule has 5 rings (SSSR count). The number of methoxy groups -OCH3 is 1. The first-order valence-corrected chi connectivity index (χ1v) is 11.8. The first-order valence-electron chi connectivity index (χ1n) is 11.5. The number of anilines is 1. The summed E-state index contributed by atoms with van der Waals surface area (Å²) in [5.74, 6) is 1.26. The van der Waals surface area contributed by atoms with Gasteiger partial charge >= 0.3 is 6.09 Å². The van der Waals surface area contributed by atoms with Crippen LogP contribution >= 0.6 is 11.6 Å². The Bertz CT molecular complexity index is 1130. The molecule has 1 aromatic heterocycles. The summed E-state index contributed by atoms with van der Waals surface area (Å²) in [7, 11) is 1.63. The van der Waals surface area contributed by atoms with E-state index in [9.17, 15) is 4.79 Å². The number of aromatic nitrogens is 3. The molecule has 2 saturated heterocycles. The van der Waals surface area contributed by atoms with E-state index >= 15 is 0 Å². The summed E-state index contributed by atoms with van der Waals surface area (Å²) in [6.45, 7) is 2.41. The molecule has 2 atom stereocenters. The minimum absolute atomic E-state index is 0.357.